The van der Waals surface area contributed by atoms with Crippen molar-refractivity contribution in [3.05, 3.63) is 22.2 Å². The van der Waals surface area contributed by atoms with Gasteiger partial charge < -0.3 is 10.7 Å². The number of anilines is 1. The van der Waals surface area contributed by atoms with Gasteiger partial charge in [0.15, 0.2) is 0 Å². The highest BCUT2D eigenvalue weighted by Crippen LogP contribution is 1.94. The summed E-state index contributed by atoms with van der Waals surface area (Å²) >= 11 is 3.92. The van der Waals surface area contributed by atoms with Crippen LogP contribution < -0.4 is 11.3 Å². The molecule has 0 aromatic carbocycles. The molecule has 0 bridgehead atoms. The Kier molecular flexibility index (Phi) is 1.96. The summed E-state index contributed by atoms with van der Waals surface area (Å²) in [6, 6.07) is 1.23. The van der Waals surface area contributed by atoms with Gasteiger partial charge in [0, 0.05) is 11.8 Å². The Balaban J connectivity index is 3.19. The summed E-state index contributed by atoms with van der Waals surface area (Å²) in [4.78, 5) is 16.9. The van der Waals surface area contributed by atoms with Crippen LogP contribution in [0, 0.1) is 0 Å². The van der Waals surface area contributed by atoms with Gasteiger partial charge >= 0.3 is 0 Å². The van der Waals surface area contributed by atoms with Crippen LogP contribution in [0.1, 0.15) is 5.82 Å². The van der Waals surface area contributed by atoms with Crippen molar-refractivity contribution in [1.29, 1.82) is 0 Å². The first-order valence-corrected chi connectivity index (χ1v) is 3.32. The van der Waals surface area contributed by atoms with Gasteiger partial charge in [-0.1, -0.05) is 0 Å². The van der Waals surface area contributed by atoms with Crippen molar-refractivity contribution in [2.24, 2.45) is 0 Å². The number of hydrogen-bond donors (Lipinski definition) is 3. The van der Waals surface area contributed by atoms with E-state index >= 15 is 0 Å². The molecule has 0 aliphatic carbocycles. The van der Waals surface area contributed by atoms with Crippen LogP contribution in [0.4, 0.5) is 5.82 Å². The topological polar surface area (TPSA) is 71.8 Å². The molecule has 0 atom stereocenters. The van der Waals surface area contributed by atoms with E-state index in [4.69, 9.17) is 5.73 Å². The van der Waals surface area contributed by atoms with Crippen LogP contribution in [0.2, 0.25) is 0 Å². The molecule has 54 valence electrons. The Morgan fingerprint density at radius 2 is 2.50 bits per heavy atom. The van der Waals surface area contributed by atoms with Crippen molar-refractivity contribution in [2.75, 3.05) is 5.73 Å². The molecule has 1 rings (SSSR count). The number of nitrogens with two attached hydrogens (primary N) is 1. The molecular weight excluding hydrogens is 150 g/mol. The van der Waals surface area contributed by atoms with E-state index in [0.717, 1.165) is 0 Å². The largest absolute Gasteiger partial charge is 0.383 e. The molecule has 0 spiro atoms. The minimum Gasteiger partial charge on any atom is -0.383 e. The van der Waals surface area contributed by atoms with E-state index in [1.165, 1.54) is 6.07 Å². The molecule has 1 aromatic heterocycles. The molecule has 1 aromatic rings. The smallest absolute Gasteiger partial charge is 0.252 e. The number of thiol groups is 1. The van der Waals surface area contributed by atoms with Crippen LogP contribution in [0.25, 0.3) is 0 Å². The standard InChI is InChI=1S/C5H7N3OS/c6-3-1-5(9)8-4(2-10)7-3/h1,10H,2H2,(H3,6,7,8,9). The van der Waals surface area contributed by atoms with Crippen molar-refractivity contribution in [2.45, 2.75) is 5.75 Å². The van der Waals surface area contributed by atoms with Gasteiger partial charge in [-0.25, -0.2) is 4.98 Å². The van der Waals surface area contributed by atoms with Gasteiger partial charge in [0.25, 0.3) is 5.56 Å². The average molecular weight is 157 g/mol. The van der Waals surface area contributed by atoms with Gasteiger partial charge in [-0.3, -0.25) is 4.79 Å². The van der Waals surface area contributed by atoms with Crippen molar-refractivity contribution in [3.8, 4) is 0 Å². The zero-order valence-corrected chi connectivity index (χ0v) is 6.06. The first kappa shape index (κ1) is 7.14. The van der Waals surface area contributed by atoms with Crippen LogP contribution in [0.5, 0.6) is 0 Å². The van der Waals surface area contributed by atoms with Gasteiger partial charge in [0.1, 0.15) is 11.6 Å². The Morgan fingerprint density at radius 3 is 3.00 bits per heavy atom. The number of H-pyrrole nitrogens is 1. The lowest BCUT2D eigenvalue weighted by Crippen LogP contribution is -2.11. The van der Waals surface area contributed by atoms with E-state index in [0.29, 0.717) is 11.6 Å². The summed E-state index contributed by atoms with van der Waals surface area (Å²) in [6.07, 6.45) is 0. The van der Waals surface area contributed by atoms with Gasteiger partial charge in [-0.05, 0) is 0 Å². The fraction of sp³-hybridized carbons (Fsp3) is 0.200. The number of nitrogens with one attached hydrogen (secondary N) is 1. The monoisotopic (exact) mass is 157 g/mol. The normalized spacial score (nSPS) is 9.70. The van der Waals surface area contributed by atoms with E-state index in [-0.39, 0.29) is 11.4 Å². The average Bonchev–Trinajstić information content (AvgIpc) is 1.85. The summed E-state index contributed by atoms with van der Waals surface area (Å²) in [5, 5.41) is 0. The maximum Gasteiger partial charge on any atom is 0.252 e. The number of aromatic amines is 1. The minimum absolute atomic E-state index is 0.229. The first-order chi connectivity index (χ1) is 4.72. The summed E-state index contributed by atoms with van der Waals surface area (Å²) < 4.78 is 0. The number of nitrogens with zero attached hydrogens (tertiary/aromatic N) is 1. The molecule has 0 amide bonds. The lowest BCUT2D eigenvalue weighted by atomic mass is 10.5. The summed E-state index contributed by atoms with van der Waals surface area (Å²) in [7, 11) is 0. The molecule has 0 aliphatic heterocycles. The summed E-state index contributed by atoms with van der Waals surface area (Å²) in [5.41, 5.74) is 5.03. The third kappa shape index (κ3) is 1.51. The molecule has 0 aliphatic rings. The zero-order valence-electron chi connectivity index (χ0n) is 5.16. The first-order valence-electron chi connectivity index (χ1n) is 2.69. The molecule has 4 nitrogen and oxygen atoms in total. The predicted molar refractivity (Wildman–Crippen MR) is 42.0 cm³/mol. The van der Waals surface area contributed by atoms with Gasteiger partial charge in [0.2, 0.25) is 0 Å². The fourth-order valence-electron chi connectivity index (χ4n) is 0.604. The number of rotatable bonds is 1. The third-order valence-corrected chi connectivity index (χ3v) is 1.26. The second-order valence-electron chi connectivity index (χ2n) is 1.78. The molecule has 0 unspecified atom stereocenters. The molecule has 0 fully saturated rings. The van der Waals surface area contributed by atoms with Crippen LogP contribution >= 0.6 is 12.6 Å². The molecule has 5 heteroatoms. The Labute approximate surface area is 62.9 Å². The quantitative estimate of drug-likeness (QED) is 0.493. The van der Waals surface area contributed by atoms with Crippen molar-refractivity contribution in [3.63, 3.8) is 0 Å². The SMILES string of the molecule is Nc1cc(=O)[nH]c(CS)n1. The molecule has 0 saturated carbocycles. The maximum absolute atomic E-state index is 10.7. The lowest BCUT2D eigenvalue weighted by Gasteiger charge is -1.94. The summed E-state index contributed by atoms with van der Waals surface area (Å²) in [6.45, 7) is 0. The maximum atomic E-state index is 10.7. The lowest BCUT2D eigenvalue weighted by molar-refractivity contribution is 1.01. The second kappa shape index (κ2) is 2.74. The van der Waals surface area contributed by atoms with Crippen LogP contribution in [-0.4, -0.2) is 9.97 Å². The highest BCUT2D eigenvalue weighted by molar-refractivity contribution is 7.79. The zero-order chi connectivity index (χ0) is 7.56. The Bertz CT molecular complexity index is 282. The number of hydrogen-bond acceptors (Lipinski definition) is 4. The molecule has 3 N–H and O–H groups in total. The van der Waals surface area contributed by atoms with E-state index in [9.17, 15) is 4.79 Å². The van der Waals surface area contributed by atoms with Crippen LogP contribution in [0.3, 0.4) is 0 Å². The van der Waals surface area contributed by atoms with Crippen molar-refractivity contribution >= 4 is 18.4 Å². The minimum atomic E-state index is -0.239. The summed E-state index contributed by atoms with van der Waals surface area (Å²) in [5.74, 6) is 1.11. The predicted octanol–water partition coefficient (Wildman–Crippen LogP) is -0.218. The molecular formula is C5H7N3OS. The van der Waals surface area contributed by atoms with Crippen molar-refractivity contribution in [1.82, 2.24) is 9.97 Å². The molecule has 0 saturated heterocycles. The molecule has 0 radical (unpaired) electrons. The van der Waals surface area contributed by atoms with Gasteiger partial charge in [-0.15, -0.1) is 0 Å². The number of aromatic nitrogens is 2. The van der Waals surface area contributed by atoms with Crippen LogP contribution in [0.15, 0.2) is 10.9 Å². The molecule has 10 heavy (non-hydrogen) atoms. The van der Waals surface area contributed by atoms with Crippen molar-refractivity contribution < 1.29 is 0 Å². The highest BCUT2D eigenvalue weighted by atomic mass is 32.1. The second-order valence-corrected chi connectivity index (χ2v) is 2.09. The van der Waals surface area contributed by atoms with Crippen LogP contribution in [-0.2, 0) is 5.75 Å². The molecule has 1 heterocycles. The van der Waals surface area contributed by atoms with Gasteiger partial charge in [0.05, 0.1) is 0 Å². The van der Waals surface area contributed by atoms with E-state index in [1.54, 1.807) is 0 Å². The highest BCUT2D eigenvalue weighted by Gasteiger charge is 1.93. The Hall–Kier alpha value is -0.970. The van der Waals surface area contributed by atoms with E-state index in [2.05, 4.69) is 22.6 Å². The third-order valence-electron chi connectivity index (χ3n) is 0.960. The fourth-order valence-corrected chi connectivity index (χ4v) is 0.753. The van der Waals surface area contributed by atoms with E-state index in [1.807, 2.05) is 0 Å². The Morgan fingerprint density at radius 1 is 1.80 bits per heavy atom. The number of nitrogen functional groups attached to an aromatic ring is 1. The van der Waals surface area contributed by atoms with Gasteiger partial charge in [-0.2, -0.15) is 12.6 Å². The van der Waals surface area contributed by atoms with E-state index < -0.39 is 0 Å².